The van der Waals surface area contributed by atoms with Gasteiger partial charge in [-0.2, -0.15) is 0 Å². The van der Waals surface area contributed by atoms with Crippen molar-refractivity contribution in [1.29, 1.82) is 0 Å². The molecule has 1 fully saturated rings. The van der Waals surface area contributed by atoms with Crippen LogP contribution in [0.25, 0.3) is 0 Å². The third-order valence-corrected chi connectivity index (χ3v) is 2.93. The Morgan fingerprint density at radius 2 is 2.00 bits per heavy atom. The number of hydrogen-bond donors (Lipinski definition) is 1. The van der Waals surface area contributed by atoms with Crippen LogP contribution in [0.2, 0.25) is 0 Å². The summed E-state index contributed by atoms with van der Waals surface area (Å²) in [5.74, 6) is 0.117. The summed E-state index contributed by atoms with van der Waals surface area (Å²) in [7, 11) is 0. The molecule has 1 aliphatic carbocycles. The normalized spacial score (nSPS) is 23.8. The predicted molar refractivity (Wildman–Crippen MR) is 49.1 cm³/mol. The molecule has 1 rings (SSSR count). The van der Waals surface area contributed by atoms with E-state index in [9.17, 15) is 15.2 Å². The molecule has 0 amide bonds. The van der Waals surface area contributed by atoms with Crippen LogP contribution >= 0.6 is 0 Å². The van der Waals surface area contributed by atoms with Gasteiger partial charge in [-0.15, -0.1) is 0 Å². The molecular weight excluding hydrogens is 170 g/mol. The molecule has 0 aromatic carbocycles. The van der Waals surface area contributed by atoms with Gasteiger partial charge in [0.25, 0.3) is 0 Å². The van der Waals surface area contributed by atoms with E-state index in [-0.39, 0.29) is 12.5 Å². The van der Waals surface area contributed by atoms with Gasteiger partial charge in [-0.05, 0) is 25.7 Å². The standard InChI is InChI=1S/C9H17NO3/c1-9(11,7-10(12)13)8-5-3-2-4-6-8/h8,11H,2-7H2,1H3/t9-/m0/s1. The summed E-state index contributed by atoms with van der Waals surface area (Å²) in [6.07, 6.45) is 5.25. The average Bonchev–Trinajstić information content (AvgIpc) is 2.04. The fourth-order valence-electron chi connectivity index (χ4n) is 2.11. The molecule has 4 heteroatoms. The third kappa shape index (κ3) is 2.95. The van der Waals surface area contributed by atoms with E-state index in [1.54, 1.807) is 6.92 Å². The highest BCUT2D eigenvalue weighted by Crippen LogP contribution is 2.32. The van der Waals surface area contributed by atoms with Gasteiger partial charge in [0.2, 0.25) is 6.54 Å². The topological polar surface area (TPSA) is 63.4 Å². The number of hydrogen-bond acceptors (Lipinski definition) is 3. The largest absolute Gasteiger partial charge is 0.383 e. The zero-order chi connectivity index (χ0) is 9.90. The Kier molecular flexibility index (Phi) is 3.25. The van der Waals surface area contributed by atoms with Crippen molar-refractivity contribution in [2.75, 3.05) is 6.54 Å². The van der Waals surface area contributed by atoms with Crippen molar-refractivity contribution in [3.63, 3.8) is 0 Å². The highest BCUT2D eigenvalue weighted by molar-refractivity contribution is 4.83. The van der Waals surface area contributed by atoms with E-state index in [2.05, 4.69) is 0 Å². The molecule has 13 heavy (non-hydrogen) atoms. The summed E-state index contributed by atoms with van der Waals surface area (Å²) in [6.45, 7) is 1.27. The first-order valence-corrected chi connectivity index (χ1v) is 4.86. The molecule has 0 aromatic rings. The summed E-state index contributed by atoms with van der Waals surface area (Å²) >= 11 is 0. The van der Waals surface area contributed by atoms with Gasteiger partial charge < -0.3 is 5.11 Å². The Labute approximate surface area is 78.1 Å². The first-order valence-electron chi connectivity index (χ1n) is 4.86. The maximum atomic E-state index is 10.3. The van der Waals surface area contributed by atoms with E-state index < -0.39 is 10.5 Å². The minimum atomic E-state index is -1.11. The van der Waals surface area contributed by atoms with E-state index in [1.807, 2.05) is 0 Å². The molecule has 1 N–H and O–H groups in total. The molecule has 1 atom stereocenters. The van der Waals surface area contributed by atoms with Crippen LogP contribution in [-0.4, -0.2) is 22.2 Å². The van der Waals surface area contributed by atoms with Crippen molar-refractivity contribution in [1.82, 2.24) is 0 Å². The number of nitro groups is 1. The quantitative estimate of drug-likeness (QED) is 0.539. The average molecular weight is 187 g/mol. The van der Waals surface area contributed by atoms with Gasteiger partial charge in [-0.25, -0.2) is 0 Å². The minimum Gasteiger partial charge on any atom is -0.383 e. The maximum Gasteiger partial charge on any atom is 0.232 e. The highest BCUT2D eigenvalue weighted by atomic mass is 16.6. The second-order valence-corrected chi connectivity index (χ2v) is 4.18. The van der Waals surface area contributed by atoms with Gasteiger partial charge in [0.1, 0.15) is 5.60 Å². The Morgan fingerprint density at radius 1 is 1.46 bits per heavy atom. The molecule has 0 aromatic heterocycles. The van der Waals surface area contributed by atoms with Crippen LogP contribution < -0.4 is 0 Å². The van der Waals surface area contributed by atoms with Crippen molar-refractivity contribution in [2.24, 2.45) is 5.92 Å². The number of aliphatic hydroxyl groups is 1. The zero-order valence-corrected chi connectivity index (χ0v) is 8.03. The molecule has 0 radical (unpaired) electrons. The van der Waals surface area contributed by atoms with Crippen LogP contribution in [-0.2, 0) is 0 Å². The lowest BCUT2D eigenvalue weighted by Crippen LogP contribution is -2.42. The predicted octanol–water partition coefficient (Wildman–Crippen LogP) is 1.59. The van der Waals surface area contributed by atoms with Gasteiger partial charge >= 0.3 is 0 Å². The van der Waals surface area contributed by atoms with Crippen LogP contribution in [0.4, 0.5) is 0 Å². The van der Waals surface area contributed by atoms with E-state index in [0.717, 1.165) is 25.7 Å². The van der Waals surface area contributed by atoms with Gasteiger partial charge in [0.15, 0.2) is 0 Å². The van der Waals surface area contributed by atoms with Crippen molar-refractivity contribution in [2.45, 2.75) is 44.6 Å². The number of rotatable bonds is 3. The fraction of sp³-hybridized carbons (Fsp3) is 1.00. The second kappa shape index (κ2) is 4.05. The molecule has 0 spiro atoms. The molecule has 0 aliphatic heterocycles. The maximum absolute atomic E-state index is 10.3. The summed E-state index contributed by atoms with van der Waals surface area (Å²) in [4.78, 5) is 9.88. The first-order chi connectivity index (χ1) is 6.02. The monoisotopic (exact) mass is 187 g/mol. The van der Waals surface area contributed by atoms with Crippen molar-refractivity contribution < 1.29 is 10.0 Å². The Hall–Kier alpha value is -0.640. The van der Waals surface area contributed by atoms with Gasteiger partial charge in [-0.3, -0.25) is 10.1 Å². The SMILES string of the molecule is C[C@](O)(C[N+](=O)[O-])C1CCCCC1. The molecule has 0 bridgehead atoms. The highest BCUT2D eigenvalue weighted by Gasteiger charge is 2.37. The Morgan fingerprint density at radius 3 is 2.46 bits per heavy atom. The van der Waals surface area contributed by atoms with E-state index in [1.165, 1.54) is 6.42 Å². The lowest BCUT2D eigenvalue weighted by molar-refractivity contribution is -0.502. The van der Waals surface area contributed by atoms with Crippen molar-refractivity contribution in [3.8, 4) is 0 Å². The molecule has 0 saturated heterocycles. The van der Waals surface area contributed by atoms with Gasteiger partial charge in [-0.1, -0.05) is 19.3 Å². The second-order valence-electron chi connectivity index (χ2n) is 4.18. The van der Waals surface area contributed by atoms with Crippen LogP contribution in [0.5, 0.6) is 0 Å². The molecule has 1 saturated carbocycles. The third-order valence-electron chi connectivity index (χ3n) is 2.93. The molecular formula is C9H17NO3. The molecule has 4 nitrogen and oxygen atoms in total. The minimum absolute atomic E-state index is 0.117. The van der Waals surface area contributed by atoms with Crippen LogP contribution in [0, 0.1) is 16.0 Å². The molecule has 0 heterocycles. The van der Waals surface area contributed by atoms with Crippen LogP contribution in [0.3, 0.4) is 0 Å². The Balaban J connectivity index is 2.50. The lowest BCUT2D eigenvalue weighted by atomic mass is 9.78. The van der Waals surface area contributed by atoms with Gasteiger partial charge in [0, 0.05) is 4.92 Å². The van der Waals surface area contributed by atoms with Crippen molar-refractivity contribution >= 4 is 0 Å². The van der Waals surface area contributed by atoms with Gasteiger partial charge in [0.05, 0.1) is 0 Å². The number of nitrogens with zero attached hydrogens (tertiary/aromatic N) is 1. The summed E-state index contributed by atoms with van der Waals surface area (Å²) in [5, 5.41) is 20.2. The van der Waals surface area contributed by atoms with E-state index >= 15 is 0 Å². The summed E-state index contributed by atoms with van der Waals surface area (Å²) in [5.41, 5.74) is -1.11. The zero-order valence-electron chi connectivity index (χ0n) is 8.03. The first kappa shape index (κ1) is 10.4. The lowest BCUT2D eigenvalue weighted by Gasteiger charge is -2.32. The Bertz CT molecular complexity index is 185. The summed E-state index contributed by atoms with van der Waals surface area (Å²) < 4.78 is 0. The summed E-state index contributed by atoms with van der Waals surface area (Å²) in [6, 6.07) is 0. The van der Waals surface area contributed by atoms with E-state index in [4.69, 9.17) is 0 Å². The van der Waals surface area contributed by atoms with E-state index in [0.29, 0.717) is 0 Å². The van der Waals surface area contributed by atoms with Crippen LogP contribution in [0.1, 0.15) is 39.0 Å². The fourth-order valence-corrected chi connectivity index (χ4v) is 2.11. The van der Waals surface area contributed by atoms with Crippen LogP contribution in [0.15, 0.2) is 0 Å². The smallest absolute Gasteiger partial charge is 0.232 e. The molecule has 0 unspecified atom stereocenters. The van der Waals surface area contributed by atoms with Crippen molar-refractivity contribution in [3.05, 3.63) is 10.1 Å². The molecule has 76 valence electrons. The molecule has 1 aliphatic rings.